The summed E-state index contributed by atoms with van der Waals surface area (Å²) in [6, 6.07) is 10.5. The Morgan fingerprint density at radius 3 is 2.54 bits per heavy atom. The summed E-state index contributed by atoms with van der Waals surface area (Å²) >= 11 is 0. The maximum Gasteiger partial charge on any atom is 0.417 e. The fourth-order valence-corrected chi connectivity index (χ4v) is 4.20. The van der Waals surface area contributed by atoms with Crippen molar-refractivity contribution in [2.75, 3.05) is 11.5 Å². The Balaban J connectivity index is 1.77. The van der Waals surface area contributed by atoms with E-state index in [2.05, 4.69) is 0 Å². The van der Waals surface area contributed by atoms with Gasteiger partial charge in [0.25, 0.3) is 5.91 Å². The largest absolute Gasteiger partial charge is 0.493 e. The zero-order valence-corrected chi connectivity index (χ0v) is 15.5. The molecular weight excluding hydrogens is 367 g/mol. The second kappa shape index (κ2) is 7.49. The number of halogens is 3. The van der Waals surface area contributed by atoms with Gasteiger partial charge in [0, 0.05) is 18.2 Å². The van der Waals surface area contributed by atoms with Gasteiger partial charge in [-0.15, -0.1) is 0 Å². The number of benzene rings is 2. The number of nitrogens with zero attached hydrogens (tertiary/aromatic N) is 1. The molecule has 0 unspecified atom stereocenters. The zero-order valence-electron chi connectivity index (χ0n) is 15.5. The minimum Gasteiger partial charge on any atom is -0.493 e. The second-order valence-electron chi connectivity index (χ2n) is 7.40. The third-order valence-corrected chi connectivity index (χ3v) is 5.57. The molecule has 0 N–H and O–H groups in total. The molecule has 1 amide bonds. The van der Waals surface area contributed by atoms with Gasteiger partial charge in [-0.3, -0.25) is 4.79 Å². The Morgan fingerprint density at radius 2 is 1.79 bits per heavy atom. The van der Waals surface area contributed by atoms with Crippen molar-refractivity contribution in [2.24, 2.45) is 0 Å². The standard InChI is InChI=1S/C22H22F3NO2/c23-22(24,25)19-9-5-4-8-18(19)21(27)26(16-6-2-1-3-7-16)17-10-11-20-15(14-17)12-13-28-20/h4-5,8-11,14,16H,1-3,6-7,12-13H2. The SMILES string of the molecule is O=C(c1ccccc1C(F)(F)F)N(c1ccc2c(c1)CCO2)C1CCCCC1. The van der Waals surface area contributed by atoms with Crippen molar-refractivity contribution in [1.29, 1.82) is 0 Å². The molecule has 2 aromatic carbocycles. The van der Waals surface area contributed by atoms with Gasteiger partial charge in [0.2, 0.25) is 0 Å². The first-order valence-electron chi connectivity index (χ1n) is 9.70. The molecule has 0 radical (unpaired) electrons. The summed E-state index contributed by atoms with van der Waals surface area (Å²) in [6.45, 7) is 0.590. The first-order valence-corrected chi connectivity index (χ1v) is 9.70. The molecule has 2 aromatic rings. The van der Waals surface area contributed by atoms with Crippen LogP contribution >= 0.6 is 0 Å². The second-order valence-corrected chi connectivity index (χ2v) is 7.40. The molecule has 148 valence electrons. The minimum absolute atomic E-state index is 0.0945. The van der Waals surface area contributed by atoms with Gasteiger partial charge < -0.3 is 9.64 Å². The molecule has 0 saturated heterocycles. The Morgan fingerprint density at radius 1 is 1.04 bits per heavy atom. The number of rotatable bonds is 3. The molecule has 0 atom stereocenters. The molecule has 28 heavy (non-hydrogen) atoms. The lowest BCUT2D eigenvalue weighted by Crippen LogP contribution is -2.42. The third-order valence-electron chi connectivity index (χ3n) is 5.57. The quantitative estimate of drug-likeness (QED) is 0.682. The Hall–Kier alpha value is -2.50. The van der Waals surface area contributed by atoms with E-state index in [4.69, 9.17) is 4.74 Å². The molecule has 0 spiro atoms. The number of carbonyl (C=O) groups is 1. The van der Waals surface area contributed by atoms with Crippen molar-refractivity contribution in [2.45, 2.75) is 50.7 Å². The van der Waals surface area contributed by atoms with Crippen LogP contribution in [0.5, 0.6) is 5.75 Å². The summed E-state index contributed by atoms with van der Waals surface area (Å²) in [5.74, 6) is 0.203. The van der Waals surface area contributed by atoms with Gasteiger partial charge in [-0.05, 0) is 48.7 Å². The van der Waals surface area contributed by atoms with E-state index in [0.717, 1.165) is 55.9 Å². The van der Waals surface area contributed by atoms with Crippen molar-refractivity contribution >= 4 is 11.6 Å². The predicted molar refractivity (Wildman–Crippen MR) is 101 cm³/mol. The topological polar surface area (TPSA) is 29.5 Å². The number of fused-ring (bicyclic) bond motifs is 1. The van der Waals surface area contributed by atoms with E-state index in [1.807, 2.05) is 12.1 Å². The predicted octanol–water partition coefficient (Wildman–Crippen LogP) is 5.62. The maximum absolute atomic E-state index is 13.5. The van der Waals surface area contributed by atoms with Crippen molar-refractivity contribution in [1.82, 2.24) is 0 Å². The highest BCUT2D eigenvalue weighted by Gasteiger charge is 2.37. The summed E-state index contributed by atoms with van der Waals surface area (Å²) in [7, 11) is 0. The first kappa shape index (κ1) is 18.8. The average molecular weight is 389 g/mol. The van der Waals surface area contributed by atoms with Gasteiger partial charge in [-0.25, -0.2) is 0 Å². The van der Waals surface area contributed by atoms with Gasteiger partial charge in [0.15, 0.2) is 0 Å². The molecule has 1 saturated carbocycles. The molecule has 1 heterocycles. The van der Waals surface area contributed by atoms with Gasteiger partial charge >= 0.3 is 6.18 Å². The summed E-state index contributed by atoms with van der Waals surface area (Å²) in [5.41, 5.74) is 0.468. The Labute approximate surface area is 162 Å². The molecule has 1 aliphatic carbocycles. The highest BCUT2D eigenvalue weighted by molar-refractivity contribution is 6.07. The van der Waals surface area contributed by atoms with E-state index < -0.39 is 17.6 Å². The number of alkyl halides is 3. The van der Waals surface area contributed by atoms with E-state index in [9.17, 15) is 18.0 Å². The summed E-state index contributed by atoms with van der Waals surface area (Å²) < 4.78 is 46.1. The molecule has 0 aromatic heterocycles. The zero-order chi connectivity index (χ0) is 19.7. The highest BCUT2D eigenvalue weighted by atomic mass is 19.4. The van der Waals surface area contributed by atoms with Gasteiger partial charge in [-0.1, -0.05) is 31.4 Å². The molecule has 1 fully saturated rings. The van der Waals surface area contributed by atoms with E-state index in [1.165, 1.54) is 18.2 Å². The number of hydrogen-bond acceptors (Lipinski definition) is 2. The Bertz CT molecular complexity index is 872. The van der Waals surface area contributed by atoms with Crippen LogP contribution in [0.2, 0.25) is 0 Å². The lowest BCUT2D eigenvalue weighted by Gasteiger charge is -2.35. The Kier molecular flexibility index (Phi) is 5.04. The lowest BCUT2D eigenvalue weighted by atomic mass is 9.92. The van der Waals surface area contributed by atoms with Crippen molar-refractivity contribution in [3.05, 3.63) is 59.2 Å². The number of hydrogen-bond donors (Lipinski definition) is 0. The molecular formula is C22H22F3NO2. The van der Waals surface area contributed by atoms with Crippen LogP contribution in [0, 0.1) is 0 Å². The van der Waals surface area contributed by atoms with Crippen LogP contribution in [0.4, 0.5) is 18.9 Å². The normalized spacial score (nSPS) is 17.1. The number of carbonyl (C=O) groups excluding carboxylic acids is 1. The molecule has 6 heteroatoms. The maximum atomic E-state index is 13.5. The van der Waals surface area contributed by atoms with Gasteiger partial charge in [0.05, 0.1) is 17.7 Å². The fraction of sp³-hybridized carbons (Fsp3) is 0.409. The highest BCUT2D eigenvalue weighted by Crippen LogP contribution is 2.37. The van der Waals surface area contributed by atoms with Crippen LogP contribution in [0.15, 0.2) is 42.5 Å². The van der Waals surface area contributed by atoms with E-state index in [1.54, 1.807) is 11.0 Å². The van der Waals surface area contributed by atoms with E-state index >= 15 is 0 Å². The number of amides is 1. The van der Waals surface area contributed by atoms with Crippen molar-refractivity contribution in [3.63, 3.8) is 0 Å². The fourth-order valence-electron chi connectivity index (χ4n) is 4.20. The van der Waals surface area contributed by atoms with Crippen LogP contribution in [0.3, 0.4) is 0 Å². The lowest BCUT2D eigenvalue weighted by molar-refractivity contribution is -0.137. The van der Waals surface area contributed by atoms with Crippen molar-refractivity contribution < 1.29 is 22.7 Å². The smallest absolute Gasteiger partial charge is 0.417 e. The van der Waals surface area contributed by atoms with Crippen LogP contribution in [0.1, 0.15) is 53.6 Å². The third kappa shape index (κ3) is 3.60. The number of ether oxygens (including phenoxy) is 1. The van der Waals surface area contributed by atoms with Crippen LogP contribution in [0.25, 0.3) is 0 Å². The summed E-state index contributed by atoms with van der Waals surface area (Å²) in [6.07, 6.45) is 0.814. The minimum atomic E-state index is -4.57. The van der Waals surface area contributed by atoms with E-state index in [0.29, 0.717) is 12.3 Å². The van der Waals surface area contributed by atoms with E-state index in [-0.39, 0.29) is 11.6 Å². The van der Waals surface area contributed by atoms with Crippen LogP contribution < -0.4 is 9.64 Å². The molecule has 4 rings (SSSR count). The molecule has 1 aliphatic heterocycles. The van der Waals surface area contributed by atoms with Crippen LogP contribution in [-0.4, -0.2) is 18.6 Å². The van der Waals surface area contributed by atoms with Gasteiger partial charge in [-0.2, -0.15) is 13.2 Å². The van der Waals surface area contributed by atoms with Crippen LogP contribution in [-0.2, 0) is 12.6 Å². The first-order chi connectivity index (χ1) is 13.4. The summed E-state index contributed by atoms with van der Waals surface area (Å²) in [4.78, 5) is 15.0. The molecule has 3 nitrogen and oxygen atoms in total. The van der Waals surface area contributed by atoms with Gasteiger partial charge in [0.1, 0.15) is 5.75 Å². The monoisotopic (exact) mass is 389 g/mol. The average Bonchev–Trinajstić information content (AvgIpc) is 3.16. The summed E-state index contributed by atoms with van der Waals surface area (Å²) in [5, 5.41) is 0. The molecule has 2 aliphatic rings. The molecule has 0 bridgehead atoms. The number of anilines is 1. The van der Waals surface area contributed by atoms with Crippen molar-refractivity contribution in [3.8, 4) is 5.75 Å².